The standard InChI is InChI=1S/C11H17Cl2NO/c1-2-8-5-3-4-6-14(8)10(15)9-7-11(9,12)13/h8-9H,2-7H2,1H3. The second-order valence-electron chi connectivity index (χ2n) is 4.61. The predicted octanol–water partition coefficient (Wildman–Crippen LogP) is 2.97. The van der Waals surface area contributed by atoms with Gasteiger partial charge in [0, 0.05) is 12.6 Å². The fraction of sp³-hybridized carbons (Fsp3) is 0.909. The zero-order valence-electron chi connectivity index (χ0n) is 9.01. The molecule has 15 heavy (non-hydrogen) atoms. The van der Waals surface area contributed by atoms with Crippen molar-refractivity contribution in [3.05, 3.63) is 0 Å². The Morgan fingerprint density at radius 2 is 2.13 bits per heavy atom. The molecule has 1 heterocycles. The lowest BCUT2D eigenvalue weighted by Crippen LogP contribution is -2.44. The van der Waals surface area contributed by atoms with Gasteiger partial charge in [0.15, 0.2) is 0 Å². The van der Waals surface area contributed by atoms with Gasteiger partial charge in [-0.05, 0) is 32.1 Å². The highest BCUT2D eigenvalue weighted by Gasteiger charge is 2.57. The Bertz CT molecular complexity index is 267. The van der Waals surface area contributed by atoms with Crippen LogP contribution in [0.15, 0.2) is 0 Å². The van der Waals surface area contributed by atoms with Crippen LogP contribution in [0.5, 0.6) is 0 Å². The second kappa shape index (κ2) is 4.14. The molecule has 0 N–H and O–H groups in total. The van der Waals surface area contributed by atoms with Crippen molar-refractivity contribution in [1.82, 2.24) is 4.90 Å². The molecule has 2 rings (SSSR count). The van der Waals surface area contributed by atoms with Crippen molar-refractivity contribution in [1.29, 1.82) is 0 Å². The molecule has 0 aromatic rings. The first-order valence-corrected chi connectivity index (χ1v) is 6.50. The van der Waals surface area contributed by atoms with Crippen LogP contribution in [0.2, 0.25) is 0 Å². The SMILES string of the molecule is CCC1CCCCN1C(=O)C1CC1(Cl)Cl. The van der Waals surface area contributed by atoms with E-state index in [-0.39, 0.29) is 11.8 Å². The molecule has 0 spiro atoms. The van der Waals surface area contributed by atoms with Gasteiger partial charge in [-0.15, -0.1) is 23.2 Å². The van der Waals surface area contributed by atoms with Gasteiger partial charge in [0.2, 0.25) is 5.91 Å². The molecule has 1 aliphatic heterocycles. The molecule has 1 saturated carbocycles. The Morgan fingerprint density at radius 1 is 1.47 bits per heavy atom. The van der Waals surface area contributed by atoms with Crippen LogP contribution in [0, 0.1) is 5.92 Å². The lowest BCUT2D eigenvalue weighted by Gasteiger charge is -2.35. The van der Waals surface area contributed by atoms with Crippen molar-refractivity contribution in [2.24, 2.45) is 5.92 Å². The van der Waals surface area contributed by atoms with Crippen LogP contribution in [0.4, 0.5) is 0 Å². The summed E-state index contributed by atoms with van der Waals surface area (Å²) < 4.78 is -0.771. The summed E-state index contributed by atoms with van der Waals surface area (Å²) in [5, 5.41) is 0. The van der Waals surface area contributed by atoms with Crippen LogP contribution in [0.3, 0.4) is 0 Å². The number of halogens is 2. The van der Waals surface area contributed by atoms with Gasteiger partial charge in [0.25, 0.3) is 0 Å². The lowest BCUT2D eigenvalue weighted by molar-refractivity contribution is -0.136. The highest BCUT2D eigenvalue weighted by molar-refractivity contribution is 6.52. The maximum atomic E-state index is 12.1. The Kier molecular flexibility index (Phi) is 3.18. The third kappa shape index (κ3) is 2.26. The predicted molar refractivity (Wildman–Crippen MR) is 62.2 cm³/mol. The fourth-order valence-electron chi connectivity index (χ4n) is 2.40. The van der Waals surface area contributed by atoms with E-state index in [0.29, 0.717) is 12.5 Å². The summed E-state index contributed by atoms with van der Waals surface area (Å²) in [6.45, 7) is 3.02. The van der Waals surface area contributed by atoms with Crippen molar-refractivity contribution in [3.63, 3.8) is 0 Å². The molecule has 1 amide bonds. The average molecular weight is 250 g/mol. The van der Waals surface area contributed by atoms with Gasteiger partial charge < -0.3 is 4.90 Å². The molecule has 2 fully saturated rings. The van der Waals surface area contributed by atoms with Gasteiger partial charge in [-0.3, -0.25) is 4.79 Å². The molecule has 86 valence electrons. The maximum Gasteiger partial charge on any atom is 0.229 e. The maximum absolute atomic E-state index is 12.1. The number of nitrogens with zero attached hydrogens (tertiary/aromatic N) is 1. The van der Waals surface area contributed by atoms with Crippen LogP contribution < -0.4 is 0 Å². The van der Waals surface area contributed by atoms with Crippen molar-refractivity contribution < 1.29 is 4.79 Å². The first kappa shape index (κ1) is 11.5. The number of alkyl halides is 2. The summed E-state index contributed by atoms with van der Waals surface area (Å²) >= 11 is 11.9. The van der Waals surface area contributed by atoms with E-state index >= 15 is 0 Å². The molecule has 0 aromatic carbocycles. The van der Waals surface area contributed by atoms with Crippen molar-refractivity contribution in [2.45, 2.75) is 49.4 Å². The Labute approximate surface area is 101 Å². The number of carbonyl (C=O) groups excluding carboxylic acids is 1. The minimum Gasteiger partial charge on any atom is -0.339 e. The molecule has 2 aliphatic rings. The van der Waals surface area contributed by atoms with Crippen LogP contribution in [0.1, 0.15) is 39.0 Å². The van der Waals surface area contributed by atoms with E-state index in [2.05, 4.69) is 6.92 Å². The van der Waals surface area contributed by atoms with Crippen molar-refractivity contribution >= 4 is 29.1 Å². The summed E-state index contributed by atoms with van der Waals surface area (Å²) in [5.74, 6) is 0.0273. The number of amides is 1. The number of hydrogen-bond acceptors (Lipinski definition) is 1. The zero-order valence-corrected chi connectivity index (χ0v) is 10.5. The number of piperidine rings is 1. The van der Waals surface area contributed by atoms with Crippen LogP contribution in [0.25, 0.3) is 0 Å². The van der Waals surface area contributed by atoms with Crippen molar-refractivity contribution in [2.75, 3.05) is 6.54 Å². The summed E-state index contributed by atoms with van der Waals surface area (Å²) in [5.41, 5.74) is 0. The van der Waals surface area contributed by atoms with Crippen molar-refractivity contribution in [3.8, 4) is 0 Å². The Hall–Kier alpha value is 0.0500. The average Bonchev–Trinajstić information content (AvgIpc) is 2.86. The Morgan fingerprint density at radius 3 is 2.67 bits per heavy atom. The topological polar surface area (TPSA) is 20.3 Å². The van der Waals surface area contributed by atoms with Gasteiger partial charge >= 0.3 is 0 Å². The monoisotopic (exact) mass is 249 g/mol. The molecular weight excluding hydrogens is 233 g/mol. The van der Waals surface area contributed by atoms with Gasteiger partial charge in [-0.2, -0.15) is 0 Å². The molecule has 4 heteroatoms. The molecule has 0 bridgehead atoms. The largest absolute Gasteiger partial charge is 0.339 e. The fourth-order valence-corrected chi connectivity index (χ4v) is 2.89. The Balaban J connectivity index is 1.99. The molecule has 2 nitrogen and oxygen atoms in total. The third-order valence-corrected chi connectivity index (χ3v) is 4.34. The van der Waals surface area contributed by atoms with Crippen LogP contribution in [-0.4, -0.2) is 27.7 Å². The van der Waals surface area contributed by atoms with E-state index in [1.165, 1.54) is 6.42 Å². The number of hydrogen-bond donors (Lipinski definition) is 0. The van der Waals surface area contributed by atoms with E-state index < -0.39 is 4.33 Å². The zero-order chi connectivity index (χ0) is 11.1. The molecule has 1 aliphatic carbocycles. The van der Waals surface area contributed by atoms with Crippen LogP contribution >= 0.6 is 23.2 Å². The molecule has 0 radical (unpaired) electrons. The minimum atomic E-state index is -0.771. The molecule has 2 unspecified atom stereocenters. The van der Waals surface area contributed by atoms with E-state index in [1.54, 1.807) is 0 Å². The normalized spacial score (nSPS) is 33.9. The van der Waals surface area contributed by atoms with E-state index in [4.69, 9.17) is 23.2 Å². The molecule has 2 atom stereocenters. The first-order valence-electron chi connectivity index (χ1n) is 5.74. The summed E-state index contributed by atoms with van der Waals surface area (Å²) in [6.07, 6.45) is 5.15. The second-order valence-corrected chi connectivity index (χ2v) is 6.15. The summed E-state index contributed by atoms with van der Waals surface area (Å²) in [7, 11) is 0. The quantitative estimate of drug-likeness (QED) is 0.690. The minimum absolute atomic E-state index is 0.145. The van der Waals surface area contributed by atoms with E-state index in [9.17, 15) is 4.79 Å². The number of likely N-dealkylation sites (tertiary alicyclic amines) is 1. The molecule has 1 saturated heterocycles. The van der Waals surface area contributed by atoms with Gasteiger partial charge in [0.1, 0.15) is 4.33 Å². The first-order chi connectivity index (χ1) is 7.06. The van der Waals surface area contributed by atoms with E-state index in [1.807, 2.05) is 4.90 Å². The number of rotatable bonds is 2. The number of carbonyl (C=O) groups is 1. The van der Waals surface area contributed by atoms with Gasteiger partial charge in [0.05, 0.1) is 5.92 Å². The lowest BCUT2D eigenvalue weighted by atomic mass is 9.99. The molecular formula is C11H17Cl2NO. The third-order valence-electron chi connectivity index (χ3n) is 3.51. The highest BCUT2D eigenvalue weighted by Crippen LogP contribution is 2.54. The smallest absolute Gasteiger partial charge is 0.229 e. The van der Waals surface area contributed by atoms with Gasteiger partial charge in [-0.1, -0.05) is 6.92 Å². The summed E-state index contributed by atoms with van der Waals surface area (Å²) in [4.78, 5) is 14.1. The van der Waals surface area contributed by atoms with Crippen LogP contribution in [-0.2, 0) is 4.79 Å². The highest BCUT2D eigenvalue weighted by atomic mass is 35.5. The summed E-state index contributed by atoms with van der Waals surface area (Å²) in [6, 6.07) is 0.413. The molecule has 0 aromatic heterocycles. The van der Waals surface area contributed by atoms with Gasteiger partial charge in [-0.25, -0.2) is 0 Å². The van der Waals surface area contributed by atoms with E-state index in [0.717, 1.165) is 25.8 Å².